The summed E-state index contributed by atoms with van der Waals surface area (Å²) in [6.45, 7) is 0. The van der Waals surface area contributed by atoms with Gasteiger partial charge < -0.3 is 0 Å². The summed E-state index contributed by atoms with van der Waals surface area (Å²) in [5.41, 5.74) is 0.765. The molecule has 0 unspecified atom stereocenters. The minimum absolute atomic E-state index is 0.565. The normalized spacial score (nSPS) is 10.8. The molecule has 72 valence electrons. The molecule has 0 aromatic heterocycles. The lowest BCUT2D eigenvalue weighted by Crippen LogP contribution is -2.12. The van der Waals surface area contributed by atoms with Gasteiger partial charge in [-0.05, 0) is 30.5 Å². The lowest BCUT2D eigenvalue weighted by Gasteiger charge is -1.99. The SMILES string of the molecule is CSC(=Nc1ccc(Cl)cc1)NC#N. The van der Waals surface area contributed by atoms with E-state index in [0.717, 1.165) is 5.69 Å². The van der Waals surface area contributed by atoms with Gasteiger partial charge in [0.2, 0.25) is 0 Å². The van der Waals surface area contributed by atoms with Gasteiger partial charge in [-0.15, -0.1) is 0 Å². The van der Waals surface area contributed by atoms with Gasteiger partial charge in [-0.1, -0.05) is 23.4 Å². The number of nitriles is 1. The molecule has 0 heterocycles. The molecule has 0 spiro atoms. The van der Waals surface area contributed by atoms with E-state index in [9.17, 15) is 0 Å². The second-order valence-electron chi connectivity index (χ2n) is 2.33. The molecule has 1 rings (SSSR count). The molecule has 0 atom stereocenters. The van der Waals surface area contributed by atoms with E-state index < -0.39 is 0 Å². The summed E-state index contributed by atoms with van der Waals surface area (Å²) in [5.74, 6) is 0. The highest BCUT2D eigenvalue weighted by molar-refractivity contribution is 8.13. The summed E-state index contributed by atoms with van der Waals surface area (Å²) in [6, 6.07) is 7.09. The van der Waals surface area contributed by atoms with Crippen molar-refractivity contribution >= 4 is 34.2 Å². The number of aliphatic imine (C=N–C) groups is 1. The van der Waals surface area contributed by atoms with Crippen LogP contribution in [0.1, 0.15) is 0 Å². The van der Waals surface area contributed by atoms with Gasteiger partial charge in [-0.3, -0.25) is 5.32 Å². The van der Waals surface area contributed by atoms with Crippen LogP contribution in [0, 0.1) is 11.5 Å². The fourth-order valence-electron chi connectivity index (χ4n) is 0.805. The molecule has 1 aromatic carbocycles. The molecule has 1 aromatic rings. The third kappa shape index (κ3) is 3.29. The first-order valence-electron chi connectivity index (χ1n) is 3.79. The first-order valence-corrected chi connectivity index (χ1v) is 5.40. The van der Waals surface area contributed by atoms with Crippen molar-refractivity contribution in [3.05, 3.63) is 29.3 Å². The van der Waals surface area contributed by atoms with Crippen LogP contribution in [-0.2, 0) is 0 Å². The number of benzene rings is 1. The molecule has 0 bridgehead atoms. The molecule has 0 aliphatic carbocycles. The molecule has 0 radical (unpaired) electrons. The average Bonchev–Trinajstić information content (AvgIpc) is 2.20. The monoisotopic (exact) mass is 225 g/mol. The molecule has 0 fully saturated rings. The van der Waals surface area contributed by atoms with E-state index in [1.54, 1.807) is 24.3 Å². The molecule has 14 heavy (non-hydrogen) atoms. The van der Waals surface area contributed by atoms with Gasteiger partial charge >= 0.3 is 0 Å². The van der Waals surface area contributed by atoms with Crippen molar-refractivity contribution < 1.29 is 0 Å². The highest BCUT2D eigenvalue weighted by Crippen LogP contribution is 2.17. The smallest absolute Gasteiger partial charge is 0.183 e. The van der Waals surface area contributed by atoms with E-state index in [-0.39, 0.29) is 0 Å². The summed E-state index contributed by atoms with van der Waals surface area (Å²) >= 11 is 7.10. The number of nitrogens with zero attached hydrogens (tertiary/aromatic N) is 2. The summed E-state index contributed by atoms with van der Waals surface area (Å²) in [4.78, 5) is 4.20. The van der Waals surface area contributed by atoms with E-state index in [1.165, 1.54) is 11.8 Å². The molecule has 0 saturated heterocycles. The third-order valence-corrected chi connectivity index (χ3v) is 2.25. The average molecular weight is 226 g/mol. The number of hydrogen-bond donors (Lipinski definition) is 1. The molecular formula is C9H8ClN3S. The zero-order valence-electron chi connectivity index (χ0n) is 7.49. The number of thioether (sulfide) groups is 1. The van der Waals surface area contributed by atoms with Crippen LogP contribution < -0.4 is 5.32 Å². The van der Waals surface area contributed by atoms with Crippen molar-refractivity contribution in [2.45, 2.75) is 0 Å². The Bertz CT molecular complexity index is 367. The molecule has 5 heteroatoms. The number of rotatable bonds is 1. The lowest BCUT2D eigenvalue weighted by atomic mass is 10.3. The molecule has 0 aliphatic heterocycles. The van der Waals surface area contributed by atoms with Gasteiger partial charge in [0.1, 0.15) is 0 Å². The van der Waals surface area contributed by atoms with Gasteiger partial charge in [0.05, 0.1) is 5.69 Å². The Morgan fingerprint density at radius 1 is 1.50 bits per heavy atom. The van der Waals surface area contributed by atoms with E-state index in [1.807, 2.05) is 12.4 Å². The second-order valence-corrected chi connectivity index (χ2v) is 3.57. The third-order valence-electron chi connectivity index (χ3n) is 1.41. The van der Waals surface area contributed by atoms with Crippen molar-refractivity contribution in [3.8, 4) is 6.19 Å². The Hall–Kier alpha value is -1.18. The maximum absolute atomic E-state index is 8.41. The Kier molecular flexibility index (Phi) is 4.30. The van der Waals surface area contributed by atoms with Gasteiger partial charge in [0, 0.05) is 5.02 Å². The molecule has 0 amide bonds. The fraction of sp³-hybridized carbons (Fsp3) is 0.111. The summed E-state index contributed by atoms with van der Waals surface area (Å²) in [6.07, 6.45) is 3.67. The first kappa shape index (κ1) is 10.9. The van der Waals surface area contributed by atoms with Crippen LogP contribution in [-0.4, -0.2) is 11.4 Å². The van der Waals surface area contributed by atoms with Gasteiger partial charge in [0.25, 0.3) is 0 Å². The predicted octanol–water partition coefficient (Wildman–Crippen LogP) is 2.76. The van der Waals surface area contributed by atoms with Crippen LogP contribution in [0.3, 0.4) is 0 Å². The number of nitrogens with one attached hydrogen (secondary N) is 1. The predicted molar refractivity (Wildman–Crippen MR) is 60.8 cm³/mol. The molecule has 0 aliphatic rings. The first-order chi connectivity index (χ1) is 6.76. The van der Waals surface area contributed by atoms with Crippen LogP contribution in [0.25, 0.3) is 0 Å². The highest BCUT2D eigenvalue weighted by Gasteiger charge is 1.95. The lowest BCUT2D eigenvalue weighted by molar-refractivity contribution is 1.28. The van der Waals surface area contributed by atoms with Crippen LogP contribution in [0.15, 0.2) is 29.3 Å². The zero-order chi connectivity index (χ0) is 10.4. The molecule has 3 nitrogen and oxygen atoms in total. The van der Waals surface area contributed by atoms with Crippen LogP contribution in [0.4, 0.5) is 5.69 Å². The topological polar surface area (TPSA) is 48.2 Å². The summed E-state index contributed by atoms with van der Waals surface area (Å²) < 4.78 is 0. The Balaban J connectivity index is 2.84. The molecular weight excluding hydrogens is 218 g/mol. The maximum Gasteiger partial charge on any atom is 0.183 e. The van der Waals surface area contributed by atoms with Crippen molar-refractivity contribution in [1.29, 1.82) is 5.26 Å². The Labute approximate surface area is 91.8 Å². The van der Waals surface area contributed by atoms with Gasteiger partial charge in [-0.25, -0.2) is 4.99 Å². The maximum atomic E-state index is 8.41. The van der Waals surface area contributed by atoms with E-state index in [4.69, 9.17) is 16.9 Å². The van der Waals surface area contributed by atoms with E-state index in [0.29, 0.717) is 10.2 Å². The molecule has 0 saturated carbocycles. The Morgan fingerprint density at radius 2 is 2.14 bits per heavy atom. The van der Waals surface area contributed by atoms with Crippen molar-refractivity contribution in [2.75, 3.05) is 6.26 Å². The minimum Gasteiger partial charge on any atom is -0.271 e. The number of hydrogen-bond acceptors (Lipinski definition) is 3. The van der Waals surface area contributed by atoms with Gasteiger partial charge in [0.15, 0.2) is 11.4 Å². The largest absolute Gasteiger partial charge is 0.271 e. The van der Waals surface area contributed by atoms with Gasteiger partial charge in [-0.2, -0.15) is 5.26 Å². The minimum atomic E-state index is 0.565. The van der Waals surface area contributed by atoms with Crippen LogP contribution in [0.5, 0.6) is 0 Å². The van der Waals surface area contributed by atoms with Crippen molar-refractivity contribution in [3.63, 3.8) is 0 Å². The van der Waals surface area contributed by atoms with E-state index in [2.05, 4.69) is 10.3 Å². The summed E-state index contributed by atoms with van der Waals surface area (Å²) in [5, 5.41) is 12.1. The second kappa shape index (κ2) is 5.53. The van der Waals surface area contributed by atoms with Crippen molar-refractivity contribution in [1.82, 2.24) is 5.32 Å². The van der Waals surface area contributed by atoms with Crippen LogP contribution >= 0.6 is 23.4 Å². The number of halogens is 1. The van der Waals surface area contributed by atoms with Crippen molar-refractivity contribution in [2.24, 2.45) is 4.99 Å². The quantitative estimate of drug-likeness (QED) is 0.346. The standard InChI is InChI=1S/C9H8ClN3S/c1-14-9(12-6-11)13-8-4-2-7(10)3-5-8/h2-5H,1H3,(H,12,13). The highest BCUT2D eigenvalue weighted by atomic mass is 35.5. The fourth-order valence-corrected chi connectivity index (χ4v) is 1.28. The van der Waals surface area contributed by atoms with Crippen LogP contribution in [0.2, 0.25) is 5.02 Å². The molecule has 1 N–H and O–H groups in total. The number of amidine groups is 1. The Morgan fingerprint density at radius 3 is 2.64 bits per heavy atom. The zero-order valence-corrected chi connectivity index (χ0v) is 9.06. The summed E-state index contributed by atoms with van der Waals surface area (Å²) in [7, 11) is 0. The van der Waals surface area contributed by atoms with E-state index >= 15 is 0 Å².